The van der Waals surface area contributed by atoms with Crippen molar-refractivity contribution in [2.45, 2.75) is 13.2 Å². The normalized spacial score (nSPS) is 10.4. The van der Waals surface area contributed by atoms with E-state index >= 15 is 0 Å². The molecular weight excluding hydrogens is 336 g/mol. The Bertz CT molecular complexity index is 894. The molecule has 0 aliphatic heterocycles. The van der Waals surface area contributed by atoms with Gasteiger partial charge in [0.1, 0.15) is 0 Å². The van der Waals surface area contributed by atoms with Crippen molar-refractivity contribution in [3.63, 3.8) is 0 Å². The number of ether oxygens (including phenoxy) is 1. The number of carbonyl (C=O) groups excluding carboxylic acids is 1. The zero-order chi connectivity index (χ0) is 19.1. The lowest BCUT2D eigenvalue weighted by Crippen LogP contribution is -2.20. The first kappa shape index (κ1) is 18.7. The summed E-state index contributed by atoms with van der Waals surface area (Å²) >= 11 is 0. The van der Waals surface area contributed by atoms with Gasteiger partial charge in [-0.3, -0.25) is 4.79 Å². The van der Waals surface area contributed by atoms with E-state index in [2.05, 4.69) is 22.3 Å². The standard InChI is InChI=1S/C23H24N2O2/c1-25(16-18-9-4-3-5-10-18)22-14-7-6-13-21(22)24-23(26)20-12-8-11-19(15-20)17-27-2/h3-15H,16-17H2,1-2H3,(H,24,26). The predicted octanol–water partition coefficient (Wildman–Crippen LogP) is 4.72. The minimum atomic E-state index is -0.131. The quantitative estimate of drug-likeness (QED) is 0.663. The fourth-order valence-corrected chi connectivity index (χ4v) is 3.02. The van der Waals surface area contributed by atoms with Crippen LogP contribution in [0.2, 0.25) is 0 Å². The Balaban J connectivity index is 1.77. The summed E-state index contributed by atoms with van der Waals surface area (Å²) in [5.41, 5.74) is 4.57. The van der Waals surface area contributed by atoms with E-state index in [4.69, 9.17) is 4.74 Å². The molecule has 0 aromatic heterocycles. The van der Waals surface area contributed by atoms with Crippen LogP contribution < -0.4 is 10.2 Å². The van der Waals surface area contributed by atoms with E-state index in [-0.39, 0.29) is 5.91 Å². The average Bonchev–Trinajstić information content (AvgIpc) is 2.69. The molecule has 0 radical (unpaired) electrons. The van der Waals surface area contributed by atoms with Gasteiger partial charge in [-0.25, -0.2) is 0 Å². The molecule has 0 bridgehead atoms. The monoisotopic (exact) mass is 360 g/mol. The van der Waals surface area contributed by atoms with Gasteiger partial charge in [0, 0.05) is 26.3 Å². The number of hydrogen-bond donors (Lipinski definition) is 1. The number of amides is 1. The maximum atomic E-state index is 12.7. The van der Waals surface area contributed by atoms with Gasteiger partial charge >= 0.3 is 0 Å². The molecular formula is C23H24N2O2. The second-order valence-electron chi connectivity index (χ2n) is 6.45. The van der Waals surface area contributed by atoms with Gasteiger partial charge in [0.2, 0.25) is 0 Å². The number of nitrogens with one attached hydrogen (secondary N) is 1. The third-order valence-corrected chi connectivity index (χ3v) is 4.33. The van der Waals surface area contributed by atoms with Gasteiger partial charge < -0.3 is 15.0 Å². The molecule has 0 heterocycles. The van der Waals surface area contributed by atoms with Crippen LogP contribution in [0.15, 0.2) is 78.9 Å². The number of anilines is 2. The van der Waals surface area contributed by atoms with Crippen molar-refractivity contribution in [1.29, 1.82) is 0 Å². The van der Waals surface area contributed by atoms with E-state index in [0.717, 1.165) is 23.5 Å². The highest BCUT2D eigenvalue weighted by molar-refractivity contribution is 6.06. The van der Waals surface area contributed by atoms with Crippen LogP contribution in [0.3, 0.4) is 0 Å². The largest absolute Gasteiger partial charge is 0.380 e. The lowest BCUT2D eigenvalue weighted by Gasteiger charge is -2.23. The van der Waals surface area contributed by atoms with Crippen molar-refractivity contribution in [1.82, 2.24) is 0 Å². The van der Waals surface area contributed by atoms with Crippen molar-refractivity contribution < 1.29 is 9.53 Å². The minimum absolute atomic E-state index is 0.131. The Morgan fingerprint density at radius 1 is 0.926 bits per heavy atom. The predicted molar refractivity (Wildman–Crippen MR) is 110 cm³/mol. The summed E-state index contributed by atoms with van der Waals surface area (Å²) in [6, 6.07) is 25.6. The molecule has 1 amide bonds. The first-order valence-corrected chi connectivity index (χ1v) is 8.90. The molecule has 4 heteroatoms. The van der Waals surface area contributed by atoms with Crippen LogP contribution in [-0.2, 0) is 17.9 Å². The van der Waals surface area contributed by atoms with Crippen LogP contribution in [0.4, 0.5) is 11.4 Å². The molecule has 0 spiro atoms. The van der Waals surface area contributed by atoms with Crippen LogP contribution in [0, 0.1) is 0 Å². The maximum absolute atomic E-state index is 12.7. The zero-order valence-corrected chi connectivity index (χ0v) is 15.7. The second-order valence-corrected chi connectivity index (χ2v) is 6.45. The zero-order valence-electron chi connectivity index (χ0n) is 15.7. The van der Waals surface area contributed by atoms with Crippen molar-refractivity contribution in [2.75, 3.05) is 24.4 Å². The molecule has 4 nitrogen and oxygen atoms in total. The van der Waals surface area contributed by atoms with Crippen LogP contribution in [0.1, 0.15) is 21.5 Å². The SMILES string of the molecule is COCc1cccc(C(=O)Nc2ccccc2N(C)Cc2ccccc2)c1. The van der Waals surface area contributed by atoms with Crippen molar-refractivity contribution in [3.05, 3.63) is 95.6 Å². The molecule has 27 heavy (non-hydrogen) atoms. The first-order valence-electron chi connectivity index (χ1n) is 8.90. The molecule has 0 unspecified atom stereocenters. The van der Waals surface area contributed by atoms with Gasteiger partial charge in [0.05, 0.1) is 18.0 Å². The topological polar surface area (TPSA) is 41.6 Å². The van der Waals surface area contributed by atoms with Gasteiger partial charge in [-0.05, 0) is 35.4 Å². The average molecular weight is 360 g/mol. The Morgan fingerprint density at radius 2 is 1.63 bits per heavy atom. The van der Waals surface area contributed by atoms with E-state index in [1.807, 2.05) is 73.8 Å². The molecule has 0 aliphatic rings. The van der Waals surface area contributed by atoms with E-state index in [0.29, 0.717) is 12.2 Å². The van der Waals surface area contributed by atoms with E-state index in [1.165, 1.54) is 5.56 Å². The van der Waals surface area contributed by atoms with Crippen LogP contribution in [0.25, 0.3) is 0 Å². The van der Waals surface area contributed by atoms with Gasteiger partial charge in [0.25, 0.3) is 5.91 Å². The van der Waals surface area contributed by atoms with Crippen LogP contribution >= 0.6 is 0 Å². The van der Waals surface area contributed by atoms with Gasteiger partial charge in [0.15, 0.2) is 0 Å². The molecule has 1 N–H and O–H groups in total. The number of carbonyl (C=O) groups is 1. The molecule has 3 aromatic rings. The molecule has 0 atom stereocenters. The van der Waals surface area contributed by atoms with E-state index in [9.17, 15) is 4.79 Å². The Morgan fingerprint density at radius 3 is 2.41 bits per heavy atom. The molecule has 0 fully saturated rings. The third-order valence-electron chi connectivity index (χ3n) is 4.33. The molecule has 3 rings (SSSR count). The summed E-state index contributed by atoms with van der Waals surface area (Å²) in [6.07, 6.45) is 0. The van der Waals surface area contributed by atoms with Gasteiger partial charge in [-0.1, -0.05) is 54.6 Å². The molecule has 3 aromatic carbocycles. The minimum Gasteiger partial charge on any atom is -0.380 e. The Hall–Kier alpha value is -3.11. The number of rotatable bonds is 7. The fraction of sp³-hybridized carbons (Fsp3) is 0.174. The van der Waals surface area contributed by atoms with Crippen molar-refractivity contribution in [3.8, 4) is 0 Å². The lowest BCUT2D eigenvalue weighted by atomic mass is 10.1. The number of hydrogen-bond acceptors (Lipinski definition) is 3. The summed E-state index contributed by atoms with van der Waals surface area (Å²) in [6.45, 7) is 1.24. The Kier molecular flexibility index (Phi) is 6.23. The smallest absolute Gasteiger partial charge is 0.255 e. The van der Waals surface area contributed by atoms with Gasteiger partial charge in [-0.2, -0.15) is 0 Å². The maximum Gasteiger partial charge on any atom is 0.255 e. The highest BCUT2D eigenvalue weighted by Gasteiger charge is 2.12. The summed E-state index contributed by atoms with van der Waals surface area (Å²) in [5.74, 6) is -0.131. The molecule has 0 saturated carbocycles. The van der Waals surface area contributed by atoms with Crippen molar-refractivity contribution >= 4 is 17.3 Å². The van der Waals surface area contributed by atoms with Gasteiger partial charge in [-0.15, -0.1) is 0 Å². The fourth-order valence-electron chi connectivity index (χ4n) is 3.02. The second kappa shape index (κ2) is 9.01. The number of nitrogens with zero attached hydrogens (tertiary/aromatic N) is 1. The van der Waals surface area contributed by atoms with E-state index in [1.54, 1.807) is 7.11 Å². The Labute approximate surface area is 160 Å². The molecule has 0 saturated heterocycles. The van der Waals surface area contributed by atoms with Crippen LogP contribution in [-0.4, -0.2) is 20.1 Å². The number of para-hydroxylation sites is 2. The molecule has 138 valence electrons. The lowest BCUT2D eigenvalue weighted by molar-refractivity contribution is 0.102. The summed E-state index contributed by atoms with van der Waals surface area (Å²) < 4.78 is 5.15. The summed E-state index contributed by atoms with van der Waals surface area (Å²) in [5, 5.41) is 3.04. The van der Waals surface area contributed by atoms with E-state index < -0.39 is 0 Å². The molecule has 0 aliphatic carbocycles. The van der Waals surface area contributed by atoms with Crippen molar-refractivity contribution in [2.24, 2.45) is 0 Å². The highest BCUT2D eigenvalue weighted by Crippen LogP contribution is 2.26. The number of methoxy groups -OCH3 is 1. The summed E-state index contributed by atoms with van der Waals surface area (Å²) in [7, 11) is 3.67. The summed E-state index contributed by atoms with van der Waals surface area (Å²) in [4.78, 5) is 14.9. The third kappa shape index (κ3) is 4.96. The first-order chi connectivity index (χ1) is 13.2. The number of benzene rings is 3. The van der Waals surface area contributed by atoms with Crippen LogP contribution in [0.5, 0.6) is 0 Å². The highest BCUT2D eigenvalue weighted by atomic mass is 16.5.